The molecule has 0 N–H and O–H groups in total. The maximum absolute atomic E-state index is 12.8. The zero-order valence-electron chi connectivity index (χ0n) is 17.3. The molecule has 0 radical (unpaired) electrons. The Bertz CT molecular complexity index is 796. The number of carbonyl (C=O) groups excluding carboxylic acids is 1. The first-order valence-electron chi connectivity index (χ1n) is 10.6. The highest BCUT2D eigenvalue weighted by atomic mass is 16.2. The second kappa shape index (κ2) is 9.37. The smallest absolute Gasteiger partial charge is 0.236 e. The predicted molar refractivity (Wildman–Crippen MR) is 116 cm³/mol. The summed E-state index contributed by atoms with van der Waals surface area (Å²) in [6.07, 6.45) is 3.85. The van der Waals surface area contributed by atoms with Gasteiger partial charge in [-0.1, -0.05) is 24.3 Å². The van der Waals surface area contributed by atoms with Crippen LogP contribution in [0, 0.1) is 6.92 Å². The number of amides is 1. The first-order chi connectivity index (χ1) is 14.2. The van der Waals surface area contributed by atoms with Crippen molar-refractivity contribution >= 4 is 11.6 Å². The van der Waals surface area contributed by atoms with Gasteiger partial charge in [0.05, 0.1) is 6.54 Å². The lowest BCUT2D eigenvalue weighted by Gasteiger charge is -2.38. The van der Waals surface area contributed by atoms with Crippen molar-refractivity contribution in [1.29, 1.82) is 0 Å². The summed E-state index contributed by atoms with van der Waals surface area (Å²) in [4.78, 5) is 26.2. The monoisotopic (exact) mass is 393 g/mol. The average molecular weight is 394 g/mol. The summed E-state index contributed by atoms with van der Waals surface area (Å²) >= 11 is 0. The van der Waals surface area contributed by atoms with Gasteiger partial charge >= 0.3 is 0 Å². The van der Waals surface area contributed by atoms with Crippen LogP contribution in [-0.4, -0.2) is 84.5 Å². The van der Waals surface area contributed by atoms with Crippen LogP contribution in [0.3, 0.4) is 0 Å². The maximum Gasteiger partial charge on any atom is 0.236 e. The Kier molecular flexibility index (Phi) is 6.42. The minimum atomic E-state index is 0.272. The number of aromatic nitrogens is 1. The summed E-state index contributed by atoms with van der Waals surface area (Å²) in [5.41, 5.74) is 3.73. The first kappa shape index (κ1) is 19.9. The Balaban J connectivity index is 1.19. The van der Waals surface area contributed by atoms with E-state index in [4.69, 9.17) is 0 Å². The fraction of sp³-hybridized carbons (Fsp3) is 0.478. The third kappa shape index (κ3) is 5.34. The van der Waals surface area contributed by atoms with Gasteiger partial charge in [0.25, 0.3) is 0 Å². The van der Waals surface area contributed by atoms with Gasteiger partial charge in [-0.15, -0.1) is 0 Å². The number of aryl methyl sites for hydroxylation is 1. The topological polar surface area (TPSA) is 42.9 Å². The molecule has 29 heavy (non-hydrogen) atoms. The second-order valence-corrected chi connectivity index (χ2v) is 8.13. The van der Waals surface area contributed by atoms with Crippen molar-refractivity contribution in [2.45, 2.75) is 13.5 Å². The molecule has 3 heterocycles. The molecule has 1 amide bonds. The molecule has 0 spiro atoms. The van der Waals surface area contributed by atoms with Gasteiger partial charge in [0.1, 0.15) is 0 Å². The summed E-state index contributed by atoms with van der Waals surface area (Å²) in [7, 11) is 0. The van der Waals surface area contributed by atoms with Crippen molar-refractivity contribution in [1.82, 2.24) is 19.7 Å². The molecule has 2 aliphatic rings. The fourth-order valence-electron chi connectivity index (χ4n) is 4.21. The summed E-state index contributed by atoms with van der Waals surface area (Å²) in [6, 6.07) is 12.7. The molecule has 0 atom stereocenters. The third-order valence-electron chi connectivity index (χ3n) is 5.92. The van der Waals surface area contributed by atoms with E-state index in [1.807, 2.05) is 23.4 Å². The Morgan fingerprint density at radius 3 is 2.28 bits per heavy atom. The van der Waals surface area contributed by atoms with E-state index in [1.165, 1.54) is 16.8 Å². The number of hydrogen-bond acceptors (Lipinski definition) is 5. The predicted octanol–water partition coefficient (Wildman–Crippen LogP) is 1.86. The molecule has 1 aromatic carbocycles. The molecule has 1 aromatic heterocycles. The number of hydrogen-bond donors (Lipinski definition) is 0. The van der Waals surface area contributed by atoms with E-state index < -0.39 is 0 Å². The van der Waals surface area contributed by atoms with Crippen molar-refractivity contribution in [2.75, 3.05) is 63.8 Å². The quantitative estimate of drug-likeness (QED) is 0.776. The first-order valence-corrected chi connectivity index (χ1v) is 10.6. The van der Waals surface area contributed by atoms with Crippen LogP contribution in [-0.2, 0) is 11.3 Å². The summed E-state index contributed by atoms with van der Waals surface area (Å²) < 4.78 is 0. The number of nitrogens with zero attached hydrogens (tertiary/aromatic N) is 5. The highest BCUT2D eigenvalue weighted by molar-refractivity contribution is 5.78. The minimum Gasteiger partial charge on any atom is -0.368 e. The van der Waals surface area contributed by atoms with E-state index in [9.17, 15) is 4.79 Å². The van der Waals surface area contributed by atoms with Crippen molar-refractivity contribution < 1.29 is 4.79 Å². The fourth-order valence-corrected chi connectivity index (χ4v) is 4.21. The van der Waals surface area contributed by atoms with Crippen LogP contribution in [0.1, 0.15) is 11.1 Å². The van der Waals surface area contributed by atoms with Crippen LogP contribution in [0.2, 0.25) is 0 Å². The third-order valence-corrected chi connectivity index (χ3v) is 5.92. The van der Waals surface area contributed by atoms with Crippen LogP contribution < -0.4 is 4.90 Å². The van der Waals surface area contributed by atoms with Gasteiger partial charge in [-0.05, 0) is 30.2 Å². The lowest BCUT2D eigenvalue weighted by atomic mass is 10.2. The molecule has 4 rings (SSSR count). The van der Waals surface area contributed by atoms with E-state index in [0.717, 1.165) is 58.9 Å². The van der Waals surface area contributed by atoms with Crippen LogP contribution in [0.25, 0.3) is 0 Å². The zero-order chi connectivity index (χ0) is 20.1. The maximum atomic E-state index is 12.8. The Morgan fingerprint density at radius 1 is 0.897 bits per heavy atom. The van der Waals surface area contributed by atoms with Gasteiger partial charge in [-0.2, -0.15) is 0 Å². The largest absolute Gasteiger partial charge is 0.368 e. The lowest BCUT2D eigenvalue weighted by molar-refractivity contribution is -0.133. The Morgan fingerprint density at radius 2 is 1.59 bits per heavy atom. The van der Waals surface area contributed by atoms with E-state index in [-0.39, 0.29) is 5.91 Å². The van der Waals surface area contributed by atoms with Crippen molar-refractivity contribution in [2.24, 2.45) is 0 Å². The van der Waals surface area contributed by atoms with E-state index >= 15 is 0 Å². The molecule has 6 nitrogen and oxygen atoms in total. The van der Waals surface area contributed by atoms with Crippen LogP contribution in [0.5, 0.6) is 0 Å². The number of para-hydroxylation sites is 1. The van der Waals surface area contributed by atoms with Crippen LogP contribution in [0.4, 0.5) is 5.69 Å². The molecule has 0 saturated carbocycles. The summed E-state index contributed by atoms with van der Waals surface area (Å²) in [6.45, 7) is 10.9. The molecule has 2 saturated heterocycles. The highest BCUT2D eigenvalue weighted by Crippen LogP contribution is 2.16. The number of carbonyl (C=O) groups is 1. The van der Waals surface area contributed by atoms with Crippen molar-refractivity contribution in [3.05, 3.63) is 59.9 Å². The van der Waals surface area contributed by atoms with Gasteiger partial charge in [0.15, 0.2) is 0 Å². The van der Waals surface area contributed by atoms with E-state index in [1.54, 1.807) is 0 Å². The Hall–Kier alpha value is -2.44. The second-order valence-electron chi connectivity index (χ2n) is 8.13. The minimum absolute atomic E-state index is 0.272. The SMILES string of the molecule is Cc1cncc(CN2CCN(CC(=O)N3CCN(c4ccccc4)CC3)CC2)c1. The van der Waals surface area contributed by atoms with E-state index in [0.29, 0.717) is 6.54 Å². The van der Waals surface area contributed by atoms with Gasteiger partial charge in [-0.3, -0.25) is 19.6 Å². The molecule has 0 aliphatic carbocycles. The molecule has 2 fully saturated rings. The molecular weight excluding hydrogens is 362 g/mol. The molecule has 154 valence electrons. The number of benzene rings is 1. The summed E-state index contributed by atoms with van der Waals surface area (Å²) in [5.74, 6) is 0.272. The van der Waals surface area contributed by atoms with Gasteiger partial charge in [0.2, 0.25) is 5.91 Å². The standard InChI is InChI=1S/C23H31N5O/c1-20-15-21(17-24-16-20)18-25-7-9-26(10-8-25)19-23(29)28-13-11-27(12-14-28)22-5-3-2-4-6-22/h2-6,15-17H,7-14,18-19H2,1H3. The Labute approximate surface area is 173 Å². The number of piperazine rings is 2. The van der Waals surface area contributed by atoms with Crippen molar-refractivity contribution in [3.8, 4) is 0 Å². The van der Waals surface area contributed by atoms with Crippen LogP contribution >= 0.6 is 0 Å². The average Bonchev–Trinajstić information content (AvgIpc) is 2.76. The molecule has 0 bridgehead atoms. The number of anilines is 1. The molecule has 2 aromatic rings. The number of pyridine rings is 1. The normalized spacial score (nSPS) is 18.8. The molecular formula is C23H31N5O. The molecule has 0 unspecified atom stereocenters. The van der Waals surface area contributed by atoms with E-state index in [2.05, 4.69) is 56.9 Å². The van der Waals surface area contributed by atoms with Crippen LogP contribution in [0.15, 0.2) is 48.8 Å². The molecule has 6 heteroatoms. The van der Waals surface area contributed by atoms with Crippen molar-refractivity contribution in [3.63, 3.8) is 0 Å². The summed E-state index contributed by atoms with van der Waals surface area (Å²) in [5, 5.41) is 0. The lowest BCUT2D eigenvalue weighted by Crippen LogP contribution is -2.53. The zero-order valence-corrected chi connectivity index (χ0v) is 17.3. The van der Waals surface area contributed by atoms with Gasteiger partial charge in [0, 0.05) is 77.0 Å². The highest BCUT2D eigenvalue weighted by Gasteiger charge is 2.24. The molecule has 2 aliphatic heterocycles. The van der Waals surface area contributed by atoms with Gasteiger partial charge < -0.3 is 9.80 Å². The van der Waals surface area contributed by atoms with Gasteiger partial charge in [-0.25, -0.2) is 0 Å². The number of rotatable bonds is 5.